The van der Waals surface area contributed by atoms with Gasteiger partial charge in [-0.3, -0.25) is 10.1 Å². The molecular weight excluding hydrogens is 282 g/mol. The van der Waals surface area contributed by atoms with E-state index < -0.39 is 0 Å². The van der Waals surface area contributed by atoms with E-state index in [0.717, 1.165) is 17.0 Å². The van der Waals surface area contributed by atoms with E-state index in [1.807, 2.05) is 54.8 Å². The van der Waals surface area contributed by atoms with Gasteiger partial charge < -0.3 is 0 Å². The van der Waals surface area contributed by atoms with Gasteiger partial charge >= 0.3 is 0 Å². The van der Waals surface area contributed by atoms with Crippen molar-refractivity contribution in [3.63, 3.8) is 0 Å². The maximum Gasteiger partial charge on any atom is 0.276 e. The van der Waals surface area contributed by atoms with Crippen molar-refractivity contribution < 1.29 is 4.79 Å². The first-order valence-electron chi connectivity index (χ1n) is 6.48. The van der Waals surface area contributed by atoms with Crippen LogP contribution in [0.15, 0.2) is 53.9 Å². The van der Waals surface area contributed by atoms with Crippen molar-refractivity contribution in [2.75, 3.05) is 5.32 Å². The average Bonchev–Trinajstić information content (AvgIpc) is 2.97. The van der Waals surface area contributed by atoms with Crippen LogP contribution in [0.5, 0.6) is 0 Å². The highest BCUT2D eigenvalue weighted by molar-refractivity contribution is 7.14. The Kier molecular flexibility index (Phi) is 3.75. The van der Waals surface area contributed by atoms with Crippen molar-refractivity contribution in [1.82, 2.24) is 9.97 Å². The van der Waals surface area contributed by atoms with Gasteiger partial charge in [-0.05, 0) is 19.1 Å². The molecule has 3 aromatic rings. The minimum Gasteiger partial charge on any atom is -0.296 e. The predicted molar refractivity (Wildman–Crippen MR) is 84.5 cm³/mol. The second kappa shape index (κ2) is 5.85. The number of thiazole rings is 1. The summed E-state index contributed by atoms with van der Waals surface area (Å²) in [5.74, 6) is -0.243. The molecule has 0 bridgehead atoms. The van der Waals surface area contributed by atoms with Gasteiger partial charge in [0, 0.05) is 16.6 Å². The maximum absolute atomic E-state index is 12.1. The van der Waals surface area contributed by atoms with E-state index in [2.05, 4.69) is 15.3 Å². The number of hydrogen-bond donors (Lipinski definition) is 1. The molecule has 0 saturated carbocycles. The van der Waals surface area contributed by atoms with Crippen LogP contribution in [0.1, 0.15) is 16.2 Å². The second-order valence-corrected chi connectivity index (χ2v) is 5.38. The minimum absolute atomic E-state index is 0.243. The van der Waals surface area contributed by atoms with E-state index in [4.69, 9.17) is 0 Å². The van der Waals surface area contributed by atoms with Gasteiger partial charge in [-0.2, -0.15) is 0 Å². The summed E-state index contributed by atoms with van der Waals surface area (Å²) >= 11 is 1.40. The molecule has 21 heavy (non-hydrogen) atoms. The molecule has 104 valence electrons. The SMILES string of the molecule is Cc1cccc(C(=O)Nc2nc(-c3ccccc3)cs2)n1. The lowest BCUT2D eigenvalue weighted by Gasteiger charge is -2.01. The van der Waals surface area contributed by atoms with E-state index in [1.54, 1.807) is 6.07 Å². The molecule has 0 aliphatic heterocycles. The monoisotopic (exact) mass is 295 g/mol. The third-order valence-corrected chi connectivity index (χ3v) is 3.67. The quantitative estimate of drug-likeness (QED) is 0.800. The summed E-state index contributed by atoms with van der Waals surface area (Å²) in [6.45, 7) is 1.85. The summed E-state index contributed by atoms with van der Waals surface area (Å²) in [5, 5.41) is 5.28. The molecule has 5 heteroatoms. The summed E-state index contributed by atoms with van der Waals surface area (Å²) in [6.07, 6.45) is 0. The fourth-order valence-corrected chi connectivity index (χ4v) is 2.62. The van der Waals surface area contributed by atoms with Crippen molar-refractivity contribution >= 4 is 22.4 Å². The Morgan fingerprint density at radius 2 is 1.86 bits per heavy atom. The molecule has 2 heterocycles. The number of hydrogen-bond acceptors (Lipinski definition) is 4. The highest BCUT2D eigenvalue weighted by Gasteiger charge is 2.11. The number of rotatable bonds is 3. The number of pyridine rings is 1. The van der Waals surface area contributed by atoms with Gasteiger partial charge in [0.25, 0.3) is 5.91 Å². The Morgan fingerprint density at radius 1 is 1.05 bits per heavy atom. The molecule has 3 rings (SSSR count). The van der Waals surface area contributed by atoms with Crippen molar-refractivity contribution in [2.24, 2.45) is 0 Å². The number of benzene rings is 1. The van der Waals surface area contributed by atoms with E-state index in [-0.39, 0.29) is 5.91 Å². The van der Waals surface area contributed by atoms with Gasteiger partial charge in [0.15, 0.2) is 5.13 Å². The number of nitrogens with zero attached hydrogens (tertiary/aromatic N) is 2. The molecule has 0 saturated heterocycles. The van der Waals surface area contributed by atoms with Crippen LogP contribution in [-0.2, 0) is 0 Å². The number of aromatic nitrogens is 2. The standard InChI is InChI=1S/C16H13N3OS/c1-11-6-5-9-13(17-11)15(20)19-16-18-14(10-21-16)12-7-3-2-4-8-12/h2-10H,1H3,(H,18,19,20). The van der Waals surface area contributed by atoms with Gasteiger partial charge in [0.1, 0.15) is 5.69 Å². The Balaban J connectivity index is 1.77. The first-order chi connectivity index (χ1) is 10.2. The first-order valence-corrected chi connectivity index (χ1v) is 7.36. The number of aryl methyl sites for hydroxylation is 1. The Morgan fingerprint density at radius 3 is 2.62 bits per heavy atom. The lowest BCUT2D eigenvalue weighted by Crippen LogP contribution is -2.13. The van der Waals surface area contributed by atoms with E-state index in [9.17, 15) is 4.79 Å². The molecule has 0 aliphatic rings. The molecule has 0 fully saturated rings. The Labute approximate surface area is 126 Å². The molecule has 4 nitrogen and oxygen atoms in total. The number of anilines is 1. The molecule has 0 aliphatic carbocycles. The van der Waals surface area contributed by atoms with Gasteiger partial charge in [-0.15, -0.1) is 11.3 Å². The van der Waals surface area contributed by atoms with Crippen LogP contribution >= 0.6 is 11.3 Å². The third kappa shape index (κ3) is 3.14. The lowest BCUT2D eigenvalue weighted by molar-refractivity contribution is 0.102. The first kappa shape index (κ1) is 13.5. The summed E-state index contributed by atoms with van der Waals surface area (Å²) in [4.78, 5) is 20.7. The Hall–Kier alpha value is -2.53. The molecular formula is C16H13N3OS. The second-order valence-electron chi connectivity index (χ2n) is 4.52. The number of amides is 1. The normalized spacial score (nSPS) is 10.3. The summed E-state index contributed by atoms with van der Waals surface area (Å²) < 4.78 is 0. The largest absolute Gasteiger partial charge is 0.296 e. The zero-order valence-electron chi connectivity index (χ0n) is 11.4. The summed E-state index contributed by atoms with van der Waals surface area (Å²) in [5.41, 5.74) is 3.09. The van der Waals surface area contributed by atoms with E-state index >= 15 is 0 Å². The number of carbonyl (C=O) groups is 1. The fourth-order valence-electron chi connectivity index (χ4n) is 1.90. The van der Waals surface area contributed by atoms with Crippen molar-refractivity contribution in [1.29, 1.82) is 0 Å². The predicted octanol–water partition coefficient (Wildman–Crippen LogP) is 3.77. The van der Waals surface area contributed by atoms with Crippen molar-refractivity contribution in [3.8, 4) is 11.3 Å². The molecule has 0 radical (unpaired) electrons. The highest BCUT2D eigenvalue weighted by Crippen LogP contribution is 2.24. The zero-order valence-corrected chi connectivity index (χ0v) is 12.2. The van der Waals surface area contributed by atoms with Crippen LogP contribution in [0, 0.1) is 6.92 Å². The van der Waals surface area contributed by atoms with Gasteiger partial charge in [-0.1, -0.05) is 36.4 Å². The highest BCUT2D eigenvalue weighted by atomic mass is 32.1. The van der Waals surface area contributed by atoms with Crippen LogP contribution in [0.25, 0.3) is 11.3 Å². The number of carbonyl (C=O) groups excluding carboxylic acids is 1. The van der Waals surface area contributed by atoms with Gasteiger partial charge in [0.2, 0.25) is 0 Å². The van der Waals surface area contributed by atoms with Crippen LogP contribution in [0.4, 0.5) is 5.13 Å². The van der Waals surface area contributed by atoms with Gasteiger partial charge in [-0.25, -0.2) is 9.97 Å². The van der Waals surface area contributed by atoms with Crippen molar-refractivity contribution in [2.45, 2.75) is 6.92 Å². The molecule has 0 unspecified atom stereocenters. The van der Waals surface area contributed by atoms with Crippen LogP contribution in [-0.4, -0.2) is 15.9 Å². The van der Waals surface area contributed by atoms with Crippen LogP contribution in [0.3, 0.4) is 0 Å². The average molecular weight is 295 g/mol. The minimum atomic E-state index is -0.243. The molecule has 0 atom stereocenters. The molecule has 1 amide bonds. The summed E-state index contributed by atoms with van der Waals surface area (Å²) in [7, 11) is 0. The van der Waals surface area contributed by atoms with Crippen LogP contribution < -0.4 is 5.32 Å². The smallest absolute Gasteiger partial charge is 0.276 e. The van der Waals surface area contributed by atoms with E-state index in [1.165, 1.54) is 11.3 Å². The molecule has 0 spiro atoms. The van der Waals surface area contributed by atoms with Crippen LogP contribution in [0.2, 0.25) is 0 Å². The molecule has 2 aromatic heterocycles. The van der Waals surface area contributed by atoms with E-state index in [0.29, 0.717) is 10.8 Å². The molecule has 1 N–H and O–H groups in total. The summed E-state index contributed by atoms with van der Waals surface area (Å²) in [6, 6.07) is 15.2. The Bertz CT molecular complexity index is 768. The molecule has 1 aromatic carbocycles. The number of nitrogens with one attached hydrogen (secondary N) is 1. The third-order valence-electron chi connectivity index (χ3n) is 2.92. The zero-order chi connectivity index (χ0) is 14.7. The maximum atomic E-state index is 12.1. The van der Waals surface area contributed by atoms with Gasteiger partial charge in [0.05, 0.1) is 5.69 Å². The topological polar surface area (TPSA) is 54.9 Å². The fraction of sp³-hybridized carbons (Fsp3) is 0.0625. The van der Waals surface area contributed by atoms with Crippen molar-refractivity contribution in [3.05, 3.63) is 65.3 Å². The lowest BCUT2D eigenvalue weighted by atomic mass is 10.2.